The zero-order valence-corrected chi connectivity index (χ0v) is 22.4. The summed E-state index contributed by atoms with van der Waals surface area (Å²) >= 11 is 0. The molecular formula is C32H41BN2. The fraction of sp³-hybridized carbons (Fsp3) is 0.344. The fourth-order valence-corrected chi connectivity index (χ4v) is 4.00. The zero-order chi connectivity index (χ0) is 25.6. The van der Waals surface area contributed by atoms with Crippen LogP contribution in [0.1, 0.15) is 46.1 Å². The van der Waals surface area contributed by atoms with Gasteiger partial charge in [0.25, 0.3) is 0 Å². The first-order valence-corrected chi connectivity index (χ1v) is 12.8. The standard InChI is InChI=1S/C22H23BN2.C10H18/c1-23(2)18-14-12-17(13-15-18)22-21(16-8-4-3-5-9-16)24-19-10-6-7-11-20(19)25-22;1-7-9(3,4)10(5,6)8-2/h4,6-15,21,24H,3,5H2,1-2H3;7-8H,1-2H2,3-6H3. The highest BCUT2D eigenvalue weighted by Gasteiger charge is 2.31. The molecule has 0 saturated heterocycles. The molecular weight excluding hydrogens is 423 g/mol. The van der Waals surface area contributed by atoms with E-state index in [4.69, 9.17) is 4.99 Å². The van der Waals surface area contributed by atoms with Crippen molar-refractivity contribution in [2.24, 2.45) is 15.8 Å². The molecule has 0 radical (unpaired) electrons. The van der Waals surface area contributed by atoms with E-state index in [2.05, 4.69) is 121 Å². The Labute approximate surface area is 213 Å². The number of hydrogen-bond donors (Lipinski definition) is 1. The van der Waals surface area contributed by atoms with Crippen molar-refractivity contribution in [3.63, 3.8) is 0 Å². The van der Waals surface area contributed by atoms with Gasteiger partial charge in [-0.05, 0) is 46.9 Å². The number of nitrogens with one attached hydrogen (secondary N) is 1. The van der Waals surface area contributed by atoms with Crippen LogP contribution in [0.3, 0.4) is 0 Å². The SMILES string of the molecule is C=CC(C)(C)C(C)(C)C=C.CB(C)c1ccc(C2=Nc3ccccc3NC2C2=CCCC=C2)cc1. The number of nitrogens with zero attached hydrogens (tertiary/aromatic N) is 1. The number of aliphatic imine (C=N–C) groups is 1. The molecule has 1 heterocycles. The highest BCUT2D eigenvalue weighted by atomic mass is 15.0. The van der Waals surface area contributed by atoms with E-state index in [1.54, 1.807) is 0 Å². The Morgan fingerprint density at radius 3 is 2.09 bits per heavy atom. The van der Waals surface area contributed by atoms with Gasteiger partial charge < -0.3 is 5.32 Å². The van der Waals surface area contributed by atoms with Crippen molar-refractivity contribution in [1.82, 2.24) is 0 Å². The first-order valence-electron chi connectivity index (χ1n) is 12.8. The highest BCUT2D eigenvalue weighted by molar-refractivity contribution is 6.70. The van der Waals surface area contributed by atoms with Crippen molar-refractivity contribution in [3.8, 4) is 0 Å². The van der Waals surface area contributed by atoms with Crippen LogP contribution in [0, 0.1) is 10.8 Å². The predicted octanol–water partition coefficient (Wildman–Crippen LogP) is 8.25. The molecule has 1 atom stereocenters. The van der Waals surface area contributed by atoms with Crippen molar-refractivity contribution in [2.45, 2.75) is 60.2 Å². The van der Waals surface area contributed by atoms with Crippen LogP contribution in [0.25, 0.3) is 0 Å². The molecule has 1 aliphatic heterocycles. The molecule has 2 aliphatic rings. The largest absolute Gasteiger partial charge is 0.371 e. The van der Waals surface area contributed by atoms with Gasteiger partial charge >= 0.3 is 0 Å². The number of hydrogen-bond acceptors (Lipinski definition) is 2. The zero-order valence-electron chi connectivity index (χ0n) is 22.4. The third-order valence-electron chi connectivity index (χ3n) is 7.63. The summed E-state index contributed by atoms with van der Waals surface area (Å²) in [5.41, 5.74) is 7.36. The van der Waals surface area contributed by atoms with Gasteiger partial charge in [-0.2, -0.15) is 0 Å². The van der Waals surface area contributed by atoms with Crippen LogP contribution in [0.15, 0.2) is 103 Å². The van der Waals surface area contributed by atoms with Gasteiger partial charge in [-0.15, -0.1) is 13.2 Å². The minimum absolute atomic E-state index is 0.108. The summed E-state index contributed by atoms with van der Waals surface area (Å²) in [6.07, 6.45) is 13.0. The number of para-hydroxylation sites is 2. The van der Waals surface area contributed by atoms with Crippen LogP contribution < -0.4 is 10.8 Å². The summed E-state index contributed by atoms with van der Waals surface area (Å²) in [6.45, 7) is 21.3. The second-order valence-electron chi connectivity index (χ2n) is 10.9. The van der Waals surface area contributed by atoms with E-state index in [1.807, 2.05) is 18.2 Å². The van der Waals surface area contributed by atoms with Crippen LogP contribution in [-0.4, -0.2) is 18.5 Å². The second-order valence-corrected chi connectivity index (χ2v) is 10.9. The topological polar surface area (TPSA) is 24.4 Å². The van der Waals surface area contributed by atoms with Gasteiger partial charge in [-0.1, -0.05) is 114 Å². The third-order valence-corrected chi connectivity index (χ3v) is 7.63. The smallest absolute Gasteiger partial charge is 0.169 e. The van der Waals surface area contributed by atoms with Gasteiger partial charge in [0.05, 0.1) is 23.1 Å². The maximum absolute atomic E-state index is 5.03. The maximum atomic E-state index is 5.03. The van der Waals surface area contributed by atoms with Crippen molar-refractivity contribution in [2.75, 3.05) is 5.32 Å². The van der Waals surface area contributed by atoms with E-state index in [9.17, 15) is 0 Å². The molecule has 1 unspecified atom stereocenters. The molecule has 0 spiro atoms. The van der Waals surface area contributed by atoms with Crippen molar-refractivity contribution in [1.29, 1.82) is 0 Å². The summed E-state index contributed by atoms with van der Waals surface area (Å²) in [5.74, 6) is 0. The van der Waals surface area contributed by atoms with E-state index >= 15 is 0 Å². The van der Waals surface area contributed by atoms with Crippen LogP contribution in [0.5, 0.6) is 0 Å². The Hall–Kier alpha value is -3.07. The highest BCUT2D eigenvalue weighted by Crippen LogP contribution is 2.40. The lowest BCUT2D eigenvalue weighted by Gasteiger charge is -2.36. The molecule has 3 heteroatoms. The quantitative estimate of drug-likeness (QED) is 0.338. The molecule has 0 aromatic heterocycles. The van der Waals surface area contributed by atoms with Gasteiger partial charge in [0.1, 0.15) is 0 Å². The normalized spacial score (nSPS) is 17.0. The molecule has 1 N–H and O–H groups in total. The third kappa shape index (κ3) is 6.14. The molecule has 2 aromatic rings. The van der Waals surface area contributed by atoms with Gasteiger partial charge in [-0.25, -0.2) is 4.99 Å². The summed E-state index contributed by atoms with van der Waals surface area (Å²) in [5, 5.41) is 3.70. The first kappa shape index (κ1) is 26.5. The van der Waals surface area contributed by atoms with Crippen molar-refractivity contribution in [3.05, 3.63) is 103 Å². The van der Waals surface area contributed by atoms with Gasteiger partial charge in [0.15, 0.2) is 6.71 Å². The Morgan fingerprint density at radius 1 is 0.914 bits per heavy atom. The van der Waals surface area contributed by atoms with Crippen molar-refractivity contribution >= 4 is 29.3 Å². The van der Waals surface area contributed by atoms with Crippen LogP contribution in [-0.2, 0) is 0 Å². The van der Waals surface area contributed by atoms with Gasteiger partial charge in [0.2, 0.25) is 0 Å². The Morgan fingerprint density at radius 2 is 1.54 bits per heavy atom. The number of benzene rings is 2. The lowest BCUT2D eigenvalue weighted by Crippen LogP contribution is -2.34. The molecule has 2 aromatic carbocycles. The monoisotopic (exact) mass is 464 g/mol. The number of allylic oxidation sites excluding steroid dienone is 4. The lowest BCUT2D eigenvalue weighted by atomic mass is 9.49. The second kappa shape index (κ2) is 11.1. The molecule has 0 fully saturated rings. The number of fused-ring (bicyclic) bond motifs is 1. The summed E-state index contributed by atoms with van der Waals surface area (Å²) in [7, 11) is 0. The number of anilines is 1. The molecule has 2 nitrogen and oxygen atoms in total. The lowest BCUT2D eigenvalue weighted by molar-refractivity contribution is 0.234. The van der Waals surface area contributed by atoms with E-state index in [1.165, 1.54) is 16.6 Å². The Balaban J connectivity index is 0.000000292. The summed E-state index contributed by atoms with van der Waals surface area (Å²) < 4.78 is 0. The fourth-order valence-electron chi connectivity index (χ4n) is 4.00. The van der Waals surface area contributed by atoms with Crippen LogP contribution in [0.2, 0.25) is 13.6 Å². The molecule has 4 rings (SSSR count). The molecule has 0 saturated carbocycles. The van der Waals surface area contributed by atoms with Crippen molar-refractivity contribution < 1.29 is 0 Å². The van der Waals surface area contributed by atoms with Crippen LogP contribution in [0.4, 0.5) is 11.4 Å². The number of rotatable bonds is 6. The summed E-state index contributed by atoms with van der Waals surface area (Å²) in [6, 6.07) is 17.3. The van der Waals surface area contributed by atoms with Crippen LogP contribution >= 0.6 is 0 Å². The van der Waals surface area contributed by atoms with E-state index in [0.717, 1.165) is 29.9 Å². The van der Waals surface area contributed by atoms with E-state index < -0.39 is 0 Å². The van der Waals surface area contributed by atoms with Gasteiger partial charge in [-0.3, -0.25) is 0 Å². The average molecular weight is 465 g/mol. The maximum Gasteiger partial charge on any atom is 0.169 e. The molecule has 0 amide bonds. The Kier molecular flexibility index (Phi) is 8.43. The average Bonchev–Trinajstić information content (AvgIpc) is 2.88. The Bertz CT molecular complexity index is 1110. The first-order chi connectivity index (χ1) is 16.6. The molecule has 1 aliphatic carbocycles. The summed E-state index contributed by atoms with van der Waals surface area (Å²) in [4.78, 5) is 5.03. The predicted molar refractivity (Wildman–Crippen MR) is 158 cm³/mol. The van der Waals surface area contributed by atoms with Gasteiger partial charge in [0, 0.05) is 0 Å². The molecule has 182 valence electrons. The van der Waals surface area contributed by atoms with E-state index in [-0.39, 0.29) is 16.9 Å². The minimum Gasteiger partial charge on any atom is -0.371 e. The molecule has 35 heavy (non-hydrogen) atoms. The molecule has 0 bridgehead atoms. The van der Waals surface area contributed by atoms with E-state index in [0.29, 0.717) is 6.71 Å². The minimum atomic E-state index is 0.108.